The van der Waals surface area contributed by atoms with Gasteiger partial charge in [-0.2, -0.15) is 0 Å². The summed E-state index contributed by atoms with van der Waals surface area (Å²) in [5.74, 6) is -0.893. The number of amides is 1. The third kappa shape index (κ3) is 2.63. The Hall–Kier alpha value is -1.24. The Bertz CT molecular complexity index is 595. The van der Waals surface area contributed by atoms with E-state index in [0.717, 1.165) is 13.1 Å². The number of hydrogen-bond donors (Lipinski definition) is 0. The van der Waals surface area contributed by atoms with Gasteiger partial charge in [-0.15, -0.1) is 0 Å². The maximum Gasteiger partial charge on any atom is 0.300 e. The summed E-state index contributed by atoms with van der Waals surface area (Å²) >= 11 is 3.35. The molecule has 0 saturated carbocycles. The molecular formula is C15H17BrN2O3. The number of ketones is 1. The van der Waals surface area contributed by atoms with Gasteiger partial charge in [-0.05, 0) is 41.9 Å². The SMILES string of the molecule is C[C@@H]1CN(CN2C(=O)C(=O)c3c(Br)cccc32)C[C@@H](C)O1. The average Bonchev–Trinajstić information content (AvgIpc) is 2.64. The minimum Gasteiger partial charge on any atom is -0.373 e. The number of fused-ring (bicyclic) bond motifs is 1. The number of anilines is 1. The van der Waals surface area contributed by atoms with Crippen molar-refractivity contribution >= 4 is 33.3 Å². The zero-order valence-corrected chi connectivity index (χ0v) is 13.6. The van der Waals surface area contributed by atoms with Crippen molar-refractivity contribution in [2.45, 2.75) is 26.1 Å². The zero-order chi connectivity index (χ0) is 15.1. The molecule has 1 aromatic carbocycles. The highest BCUT2D eigenvalue weighted by Gasteiger charge is 2.38. The maximum atomic E-state index is 12.2. The molecule has 0 spiro atoms. The number of halogens is 1. The van der Waals surface area contributed by atoms with Gasteiger partial charge in [-0.3, -0.25) is 19.4 Å². The van der Waals surface area contributed by atoms with Crippen LogP contribution in [0.5, 0.6) is 0 Å². The average molecular weight is 353 g/mol. The first-order chi connectivity index (χ1) is 9.97. The van der Waals surface area contributed by atoms with Gasteiger partial charge in [0.2, 0.25) is 0 Å². The molecule has 2 atom stereocenters. The molecule has 112 valence electrons. The molecular weight excluding hydrogens is 336 g/mol. The minimum atomic E-state index is -0.455. The van der Waals surface area contributed by atoms with Crippen molar-refractivity contribution in [2.24, 2.45) is 0 Å². The summed E-state index contributed by atoms with van der Waals surface area (Å²) < 4.78 is 6.37. The van der Waals surface area contributed by atoms with Gasteiger partial charge < -0.3 is 4.74 Å². The monoisotopic (exact) mass is 352 g/mol. The lowest BCUT2D eigenvalue weighted by atomic mass is 10.1. The minimum absolute atomic E-state index is 0.129. The summed E-state index contributed by atoms with van der Waals surface area (Å²) in [6, 6.07) is 5.44. The summed E-state index contributed by atoms with van der Waals surface area (Å²) in [4.78, 5) is 28.1. The maximum absolute atomic E-state index is 12.2. The van der Waals surface area contributed by atoms with Crippen LogP contribution in [0.15, 0.2) is 22.7 Å². The first-order valence-corrected chi connectivity index (χ1v) is 7.79. The Morgan fingerprint density at radius 3 is 2.57 bits per heavy atom. The summed E-state index contributed by atoms with van der Waals surface area (Å²) in [5, 5.41) is 0. The number of carbonyl (C=O) groups excluding carboxylic acids is 2. The van der Waals surface area contributed by atoms with Crippen LogP contribution in [0.2, 0.25) is 0 Å². The second kappa shape index (κ2) is 5.51. The van der Waals surface area contributed by atoms with E-state index in [9.17, 15) is 9.59 Å². The highest BCUT2D eigenvalue weighted by molar-refractivity contribution is 9.10. The summed E-state index contributed by atoms with van der Waals surface area (Å²) in [6.07, 6.45) is 0.258. The van der Waals surface area contributed by atoms with Crippen molar-refractivity contribution in [3.05, 3.63) is 28.2 Å². The van der Waals surface area contributed by atoms with Crippen LogP contribution in [0.25, 0.3) is 0 Å². The molecule has 0 N–H and O–H groups in total. The number of ether oxygens (including phenoxy) is 1. The molecule has 2 heterocycles. The number of rotatable bonds is 2. The highest BCUT2D eigenvalue weighted by atomic mass is 79.9. The lowest BCUT2D eigenvalue weighted by Crippen LogP contribution is -2.50. The Kier molecular flexibility index (Phi) is 3.86. The van der Waals surface area contributed by atoms with E-state index >= 15 is 0 Å². The van der Waals surface area contributed by atoms with Crippen molar-refractivity contribution in [1.82, 2.24) is 4.90 Å². The van der Waals surface area contributed by atoms with Crippen molar-refractivity contribution in [3.63, 3.8) is 0 Å². The Morgan fingerprint density at radius 2 is 1.90 bits per heavy atom. The molecule has 1 saturated heterocycles. The van der Waals surface area contributed by atoms with Gasteiger partial charge in [0.1, 0.15) is 0 Å². The van der Waals surface area contributed by atoms with Crippen molar-refractivity contribution in [1.29, 1.82) is 0 Å². The summed E-state index contributed by atoms with van der Waals surface area (Å²) in [5.41, 5.74) is 1.16. The number of Topliss-reactive ketones (excluding diaryl/α,β-unsaturated/α-hetero) is 1. The van der Waals surface area contributed by atoms with E-state index in [4.69, 9.17) is 4.74 Å². The third-order valence-corrected chi connectivity index (χ3v) is 4.45. The number of nitrogens with zero attached hydrogens (tertiary/aromatic N) is 2. The fourth-order valence-corrected chi connectivity index (χ4v) is 3.58. The second-order valence-corrected chi connectivity index (χ2v) is 6.49. The van der Waals surface area contributed by atoms with Crippen LogP contribution in [0.4, 0.5) is 5.69 Å². The fourth-order valence-electron chi connectivity index (χ4n) is 3.04. The molecule has 21 heavy (non-hydrogen) atoms. The van der Waals surface area contributed by atoms with Crippen LogP contribution in [0.1, 0.15) is 24.2 Å². The molecule has 2 aliphatic heterocycles. The molecule has 0 aromatic heterocycles. The van der Waals surface area contributed by atoms with Crippen molar-refractivity contribution < 1.29 is 14.3 Å². The van der Waals surface area contributed by atoms with E-state index in [-0.39, 0.29) is 12.2 Å². The quantitative estimate of drug-likeness (QED) is 0.764. The molecule has 0 unspecified atom stereocenters. The van der Waals surface area contributed by atoms with Gasteiger partial charge in [-0.25, -0.2) is 0 Å². The lowest BCUT2D eigenvalue weighted by molar-refractivity contribution is -0.115. The highest BCUT2D eigenvalue weighted by Crippen LogP contribution is 2.34. The van der Waals surface area contributed by atoms with Gasteiger partial charge in [0, 0.05) is 17.6 Å². The number of hydrogen-bond acceptors (Lipinski definition) is 4. The Balaban J connectivity index is 1.85. The van der Waals surface area contributed by atoms with Crippen LogP contribution in [-0.4, -0.2) is 48.6 Å². The van der Waals surface area contributed by atoms with E-state index in [0.29, 0.717) is 22.4 Å². The molecule has 3 rings (SSSR count). The summed E-state index contributed by atoms with van der Waals surface area (Å²) in [7, 11) is 0. The molecule has 0 aliphatic carbocycles. The predicted molar refractivity (Wildman–Crippen MR) is 82.4 cm³/mol. The first-order valence-electron chi connectivity index (χ1n) is 7.00. The van der Waals surface area contributed by atoms with Crippen LogP contribution in [0.3, 0.4) is 0 Å². The number of benzene rings is 1. The molecule has 1 aromatic rings. The third-order valence-electron chi connectivity index (χ3n) is 3.79. The number of morpholine rings is 1. The predicted octanol–water partition coefficient (Wildman–Crippen LogP) is 2.05. The molecule has 1 amide bonds. The van der Waals surface area contributed by atoms with Crippen LogP contribution < -0.4 is 4.90 Å². The van der Waals surface area contributed by atoms with Gasteiger partial charge in [0.15, 0.2) is 0 Å². The topological polar surface area (TPSA) is 49.9 Å². The van der Waals surface area contributed by atoms with E-state index in [1.807, 2.05) is 26.0 Å². The fraction of sp³-hybridized carbons (Fsp3) is 0.467. The zero-order valence-electron chi connectivity index (χ0n) is 12.0. The van der Waals surface area contributed by atoms with Crippen molar-refractivity contribution in [3.8, 4) is 0 Å². The van der Waals surface area contributed by atoms with Gasteiger partial charge in [0.25, 0.3) is 5.78 Å². The summed E-state index contributed by atoms with van der Waals surface area (Å²) in [6.45, 7) is 5.97. The Labute approximate surface area is 132 Å². The molecule has 1 fully saturated rings. The second-order valence-electron chi connectivity index (χ2n) is 5.63. The standard InChI is InChI=1S/C15H17BrN2O3/c1-9-6-17(7-10(2)21-9)8-18-12-5-3-4-11(16)13(12)14(19)15(18)20/h3-5,9-10H,6-8H2,1-2H3/t9-,10-/m1/s1. The molecule has 5 nitrogen and oxygen atoms in total. The Morgan fingerprint density at radius 1 is 1.24 bits per heavy atom. The smallest absolute Gasteiger partial charge is 0.300 e. The van der Waals surface area contributed by atoms with E-state index in [1.54, 1.807) is 11.0 Å². The molecule has 6 heteroatoms. The van der Waals surface area contributed by atoms with Gasteiger partial charge in [0.05, 0.1) is 30.1 Å². The van der Waals surface area contributed by atoms with E-state index in [1.165, 1.54) is 0 Å². The normalized spacial score (nSPS) is 26.3. The molecule has 2 aliphatic rings. The van der Waals surface area contributed by atoms with Gasteiger partial charge >= 0.3 is 5.91 Å². The largest absolute Gasteiger partial charge is 0.373 e. The van der Waals surface area contributed by atoms with E-state index in [2.05, 4.69) is 20.8 Å². The number of carbonyl (C=O) groups is 2. The molecule has 0 bridgehead atoms. The lowest BCUT2D eigenvalue weighted by Gasteiger charge is -2.37. The van der Waals surface area contributed by atoms with Crippen molar-refractivity contribution in [2.75, 3.05) is 24.7 Å². The first kappa shape index (κ1) is 14.7. The van der Waals surface area contributed by atoms with Crippen LogP contribution in [0, 0.1) is 0 Å². The van der Waals surface area contributed by atoms with Gasteiger partial charge in [-0.1, -0.05) is 6.07 Å². The molecule has 0 radical (unpaired) electrons. The van der Waals surface area contributed by atoms with E-state index < -0.39 is 11.7 Å². The van der Waals surface area contributed by atoms with Crippen LogP contribution in [-0.2, 0) is 9.53 Å². The van der Waals surface area contributed by atoms with Crippen LogP contribution >= 0.6 is 15.9 Å².